The van der Waals surface area contributed by atoms with E-state index in [1.54, 1.807) is 37.4 Å². The number of hydrogen-bond donors (Lipinski definition) is 2. The van der Waals surface area contributed by atoms with Crippen molar-refractivity contribution in [3.63, 3.8) is 0 Å². The average Bonchev–Trinajstić information content (AvgIpc) is 2.85. The molecule has 0 aliphatic carbocycles. The van der Waals surface area contributed by atoms with Crippen LogP contribution in [-0.2, 0) is 14.3 Å². The van der Waals surface area contributed by atoms with Crippen LogP contribution in [-0.4, -0.2) is 59.5 Å². The normalized spacial score (nSPS) is 12.9. The Kier molecular flexibility index (Phi) is 16.2. The number of nitrogens with zero attached hydrogens (tertiary/aromatic N) is 1. The highest BCUT2D eigenvalue weighted by Crippen LogP contribution is 2.27. The van der Waals surface area contributed by atoms with Crippen molar-refractivity contribution in [2.24, 2.45) is 0 Å². The molecule has 0 saturated heterocycles. The number of hydrogen-bond acceptors (Lipinski definition) is 5. The molecule has 0 spiro atoms. The Balaban J connectivity index is 3.47. The number of ether oxygens (including phenoxy) is 1. The molecule has 7 nitrogen and oxygen atoms in total. The molecule has 2 unspecified atom stereocenters. The summed E-state index contributed by atoms with van der Waals surface area (Å²) in [6, 6.07) is 4.43. The van der Waals surface area contributed by atoms with Gasteiger partial charge in [0.1, 0.15) is 17.7 Å². The van der Waals surface area contributed by atoms with Gasteiger partial charge in [0.15, 0.2) is 0 Å². The standard InChI is InChI=1S/C31H53N3O4S/c1-9-11-13-15-20-34(29(36)26(18-21-39-8)33-30(37)38-31(5,6)7)27(28(35)32-19-14-12-10-2)25-17-16-23(3)22-24(25)4/h16-17,22,26-27H,9-15,18-21H2,1-8H3,(H,32,35)(H,33,37). The number of carbonyl (C=O) groups is 3. The molecular formula is C31H53N3O4S. The first-order valence-electron chi connectivity index (χ1n) is 14.6. The minimum Gasteiger partial charge on any atom is -0.444 e. The minimum absolute atomic E-state index is 0.178. The monoisotopic (exact) mass is 563 g/mol. The molecule has 3 amide bonds. The van der Waals surface area contributed by atoms with Crippen LogP contribution in [0.4, 0.5) is 4.79 Å². The topological polar surface area (TPSA) is 87.7 Å². The van der Waals surface area contributed by atoms with Crippen LogP contribution in [0.25, 0.3) is 0 Å². The molecule has 0 heterocycles. The summed E-state index contributed by atoms with van der Waals surface area (Å²) in [5.41, 5.74) is 2.20. The second-order valence-electron chi connectivity index (χ2n) is 11.3. The molecule has 222 valence electrons. The Morgan fingerprint density at radius 2 is 1.67 bits per heavy atom. The van der Waals surface area contributed by atoms with Crippen LogP contribution in [0.3, 0.4) is 0 Å². The zero-order valence-electron chi connectivity index (χ0n) is 25.7. The number of rotatable bonds is 17. The van der Waals surface area contributed by atoms with Gasteiger partial charge in [-0.05, 0) is 77.0 Å². The number of unbranched alkanes of at least 4 members (excludes halogenated alkanes) is 5. The van der Waals surface area contributed by atoms with E-state index in [2.05, 4.69) is 30.5 Å². The molecule has 0 aliphatic rings. The van der Waals surface area contributed by atoms with Crippen LogP contribution in [0.1, 0.15) is 109 Å². The van der Waals surface area contributed by atoms with Gasteiger partial charge in [-0.25, -0.2) is 4.79 Å². The Bertz CT molecular complexity index is 900. The van der Waals surface area contributed by atoms with E-state index >= 15 is 0 Å². The maximum atomic E-state index is 14.3. The molecule has 0 saturated carbocycles. The molecule has 0 fully saturated rings. The summed E-state index contributed by atoms with van der Waals surface area (Å²) < 4.78 is 5.49. The van der Waals surface area contributed by atoms with E-state index < -0.39 is 23.8 Å². The number of aryl methyl sites for hydroxylation is 2. The SMILES string of the molecule is CCCCCCN(C(=O)C(CCSC)NC(=O)OC(C)(C)C)C(C(=O)NCCCCC)c1ccc(C)cc1C. The summed E-state index contributed by atoms with van der Waals surface area (Å²) in [6.45, 7) is 14.7. The van der Waals surface area contributed by atoms with E-state index in [1.165, 1.54) is 0 Å². The number of carbonyl (C=O) groups excluding carboxylic acids is 3. The average molecular weight is 564 g/mol. The van der Waals surface area contributed by atoms with Crippen molar-refractivity contribution in [1.29, 1.82) is 0 Å². The lowest BCUT2D eigenvalue weighted by Crippen LogP contribution is -2.53. The molecular weight excluding hydrogens is 510 g/mol. The van der Waals surface area contributed by atoms with Crippen molar-refractivity contribution in [2.75, 3.05) is 25.1 Å². The van der Waals surface area contributed by atoms with Crippen molar-refractivity contribution >= 4 is 29.7 Å². The van der Waals surface area contributed by atoms with Crippen molar-refractivity contribution in [1.82, 2.24) is 15.5 Å². The zero-order valence-corrected chi connectivity index (χ0v) is 26.5. The molecule has 0 aliphatic heterocycles. The number of benzene rings is 1. The highest BCUT2D eigenvalue weighted by molar-refractivity contribution is 7.98. The third-order valence-corrected chi connectivity index (χ3v) is 7.14. The van der Waals surface area contributed by atoms with Crippen molar-refractivity contribution in [2.45, 2.75) is 118 Å². The maximum absolute atomic E-state index is 14.3. The van der Waals surface area contributed by atoms with Gasteiger partial charge < -0.3 is 20.3 Å². The van der Waals surface area contributed by atoms with Crippen LogP contribution in [0.5, 0.6) is 0 Å². The summed E-state index contributed by atoms with van der Waals surface area (Å²) >= 11 is 1.61. The lowest BCUT2D eigenvalue weighted by atomic mass is 9.96. The lowest BCUT2D eigenvalue weighted by Gasteiger charge is -2.35. The van der Waals surface area contributed by atoms with Gasteiger partial charge in [0.2, 0.25) is 11.8 Å². The van der Waals surface area contributed by atoms with Crippen molar-refractivity contribution < 1.29 is 19.1 Å². The molecule has 2 N–H and O–H groups in total. The van der Waals surface area contributed by atoms with E-state index in [1.807, 2.05) is 32.2 Å². The second-order valence-corrected chi connectivity index (χ2v) is 12.3. The molecule has 0 aromatic heterocycles. The van der Waals surface area contributed by atoms with Gasteiger partial charge >= 0.3 is 6.09 Å². The predicted molar refractivity (Wildman–Crippen MR) is 163 cm³/mol. The van der Waals surface area contributed by atoms with Gasteiger partial charge in [-0.15, -0.1) is 0 Å². The van der Waals surface area contributed by atoms with Gasteiger partial charge in [-0.1, -0.05) is 69.7 Å². The first kappa shape index (κ1) is 34.8. The van der Waals surface area contributed by atoms with Crippen molar-refractivity contribution in [3.8, 4) is 0 Å². The zero-order chi connectivity index (χ0) is 29.4. The summed E-state index contributed by atoms with van der Waals surface area (Å²) in [5, 5.41) is 5.92. The second kappa shape index (κ2) is 18.2. The molecule has 1 aromatic rings. The third-order valence-electron chi connectivity index (χ3n) is 6.49. The first-order chi connectivity index (χ1) is 18.4. The Hall–Kier alpha value is -2.22. The van der Waals surface area contributed by atoms with Crippen LogP contribution >= 0.6 is 11.8 Å². The van der Waals surface area contributed by atoms with Crippen LogP contribution < -0.4 is 10.6 Å². The fourth-order valence-electron chi connectivity index (χ4n) is 4.48. The number of nitrogens with one attached hydrogen (secondary N) is 2. The van der Waals surface area contributed by atoms with E-state index in [0.29, 0.717) is 25.3 Å². The van der Waals surface area contributed by atoms with Gasteiger partial charge in [-0.2, -0.15) is 11.8 Å². The largest absolute Gasteiger partial charge is 0.444 e. The fraction of sp³-hybridized carbons (Fsp3) is 0.710. The van der Waals surface area contributed by atoms with Crippen LogP contribution in [0, 0.1) is 13.8 Å². The van der Waals surface area contributed by atoms with Gasteiger partial charge in [0.25, 0.3) is 0 Å². The van der Waals surface area contributed by atoms with Crippen LogP contribution in [0.2, 0.25) is 0 Å². The Morgan fingerprint density at radius 1 is 1.00 bits per heavy atom. The number of alkyl carbamates (subject to hydrolysis) is 1. The Morgan fingerprint density at radius 3 is 2.26 bits per heavy atom. The highest BCUT2D eigenvalue weighted by Gasteiger charge is 2.36. The van der Waals surface area contributed by atoms with Gasteiger partial charge in [-0.3, -0.25) is 9.59 Å². The predicted octanol–water partition coefficient (Wildman–Crippen LogP) is 6.71. The van der Waals surface area contributed by atoms with E-state index in [0.717, 1.165) is 61.6 Å². The minimum atomic E-state index is -0.792. The summed E-state index contributed by atoms with van der Waals surface area (Å²) in [7, 11) is 0. The smallest absolute Gasteiger partial charge is 0.408 e. The maximum Gasteiger partial charge on any atom is 0.408 e. The lowest BCUT2D eigenvalue weighted by molar-refractivity contribution is -0.142. The van der Waals surface area contributed by atoms with E-state index in [9.17, 15) is 14.4 Å². The quantitative estimate of drug-likeness (QED) is 0.206. The molecule has 1 aromatic carbocycles. The number of amides is 3. The summed E-state index contributed by atoms with van der Waals surface area (Å²) in [4.78, 5) is 42.5. The molecule has 39 heavy (non-hydrogen) atoms. The third kappa shape index (κ3) is 13.1. The first-order valence-corrected chi connectivity index (χ1v) is 16.0. The van der Waals surface area contributed by atoms with E-state index in [-0.39, 0.29) is 11.8 Å². The fourth-order valence-corrected chi connectivity index (χ4v) is 4.96. The van der Waals surface area contributed by atoms with Gasteiger partial charge in [0.05, 0.1) is 0 Å². The molecule has 0 bridgehead atoms. The van der Waals surface area contributed by atoms with Gasteiger partial charge in [0, 0.05) is 13.1 Å². The molecule has 8 heteroatoms. The van der Waals surface area contributed by atoms with E-state index in [4.69, 9.17) is 4.74 Å². The number of thioether (sulfide) groups is 1. The highest BCUT2D eigenvalue weighted by atomic mass is 32.2. The van der Waals surface area contributed by atoms with Crippen LogP contribution in [0.15, 0.2) is 18.2 Å². The van der Waals surface area contributed by atoms with Crippen molar-refractivity contribution in [3.05, 3.63) is 34.9 Å². The molecule has 0 radical (unpaired) electrons. The summed E-state index contributed by atoms with van der Waals surface area (Å²) in [6.07, 6.45) is 8.66. The molecule has 2 atom stereocenters. The molecule has 1 rings (SSSR count). The summed E-state index contributed by atoms with van der Waals surface area (Å²) in [5.74, 6) is 0.260. The Labute approximate surface area is 241 Å².